The van der Waals surface area contributed by atoms with Gasteiger partial charge in [0.05, 0.1) is 0 Å². The first-order chi connectivity index (χ1) is 8.15. The molecule has 1 amide bonds. The fraction of sp³-hybridized carbons (Fsp3) is 0.462. The minimum atomic E-state index is -0.697. The number of benzene rings is 1. The average Bonchev–Trinajstić information content (AvgIpc) is 2.23. The Morgan fingerprint density at radius 3 is 2.71 bits per heavy atom. The molecule has 0 aromatic heterocycles. The summed E-state index contributed by atoms with van der Waals surface area (Å²) in [5.74, 6) is 0.608. The highest BCUT2D eigenvalue weighted by Gasteiger charge is 2.29. The van der Waals surface area contributed by atoms with Gasteiger partial charge in [0.2, 0.25) is 0 Å². The minimum absolute atomic E-state index is 0.135. The van der Waals surface area contributed by atoms with Crippen molar-refractivity contribution >= 4 is 6.09 Å². The molecule has 0 spiro atoms. The summed E-state index contributed by atoms with van der Waals surface area (Å²) in [5.41, 5.74) is 6.35. The lowest BCUT2D eigenvalue weighted by atomic mass is 9.91. The van der Waals surface area contributed by atoms with Crippen LogP contribution >= 0.6 is 0 Å². The third kappa shape index (κ3) is 3.20. The summed E-state index contributed by atoms with van der Waals surface area (Å²) in [6.07, 6.45) is -0.832. The van der Waals surface area contributed by atoms with Crippen molar-refractivity contribution < 1.29 is 9.53 Å². The third-order valence-corrected chi connectivity index (χ3v) is 3.06. The van der Waals surface area contributed by atoms with Gasteiger partial charge in [0.1, 0.15) is 6.10 Å². The lowest BCUT2D eigenvalue weighted by Gasteiger charge is -2.40. The molecular formula is C13H18N2O2. The average molecular weight is 234 g/mol. The summed E-state index contributed by atoms with van der Waals surface area (Å²) in [6.45, 7) is 4.67. The van der Waals surface area contributed by atoms with Crippen molar-refractivity contribution in [2.75, 3.05) is 19.6 Å². The quantitative estimate of drug-likeness (QED) is 0.860. The van der Waals surface area contributed by atoms with E-state index in [1.807, 2.05) is 13.0 Å². The van der Waals surface area contributed by atoms with Crippen molar-refractivity contribution in [2.24, 2.45) is 5.73 Å². The van der Waals surface area contributed by atoms with E-state index in [4.69, 9.17) is 10.5 Å². The van der Waals surface area contributed by atoms with E-state index < -0.39 is 6.09 Å². The first-order valence-electron chi connectivity index (χ1n) is 5.88. The maximum atomic E-state index is 10.6. The van der Waals surface area contributed by atoms with Gasteiger partial charge in [0.15, 0.2) is 0 Å². The predicted molar refractivity (Wildman–Crippen MR) is 65.8 cm³/mol. The van der Waals surface area contributed by atoms with Crippen molar-refractivity contribution in [3.63, 3.8) is 0 Å². The van der Waals surface area contributed by atoms with Crippen LogP contribution in [0.4, 0.5) is 4.79 Å². The zero-order chi connectivity index (χ0) is 12.3. The number of nitrogens with two attached hydrogens (primary N) is 1. The van der Waals surface area contributed by atoms with Crippen molar-refractivity contribution in [1.82, 2.24) is 4.90 Å². The summed E-state index contributed by atoms with van der Waals surface area (Å²) in [5, 5.41) is 0. The van der Waals surface area contributed by atoms with Gasteiger partial charge in [0.25, 0.3) is 0 Å². The second-order valence-electron chi connectivity index (χ2n) is 4.57. The Morgan fingerprint density at radius 2 is 2.12 bits per heavy atom. The Morgan fingerprint density at radius 1 is 1.47 bits per heavy atom. The van der Waals surface area contributed by atoms with Gasteiger partial charge in [-0.2, -0.15) is 0 Å². The van der Waals surface area contributed by atoms with Crippen LogP contribution in [-0.4, -0.2) is 36.7 Å². The van der Waals surface area contributed by atoms with Crippen LogP contribution in [0.15, 0.2) is 30.3 Å². The Bertz CT molecular complexity index is 374. The molecule has 4 heteroatoms. The maximum absolute atomic E-state index is 10.6. The lowest BCUT2D eigenvalue weighted by Crippen LogP contribution is -2.48. The van der Waals surface area contributed by atoms with Crippen LogP contribution in [0, 0.1) is 0 Å². The highest BCUT2D eigenvalue weighted by atomic mass is 16.6. The summed E-state index contributed by atoms with van der Waals surface area (Å²) in [4.78, 5) is 12.8. The molecule has 1 aromatic carbocycles. The number of amides is 1. The predicted octanol–water partition coefficient (Wildman–Crippen LogP) is 1.57. The van der Waals surface area contributed by atoms with Crippen LogP contribution in [0.2, 0.25) is 0 Å². The van der Waals surface area contributed by atoms with E-state index in [2.05, 4.69) is 29.2 Å². The number of likely N-dealkylation sites (tertiary alicyclic amines) is 1. The van der Waals surface area contributed by atoms with Gasteiger partial charge < -0.3 is 10.5 Å². The zero-order valence-electron chi connectivity index (χ0n) is 10.0. The summed E-state index contributed by atoms with van der Waals surface area (Å²) >= 11 is 0. The minimum Gasteiger partial charge on any atom is -0.445 e. The molecule has 4 nitrogen and oxygen atoms in total. The van der Waals surface area contributed by atoms with Gasteiger partial charge >= 0.3 is 6.09 Å². The molecule has 2 N–H and O–H groups in total. The molecule has 92 valence electrons. The van der Waals surface area contributed by atoms with E-state index in [0.29, 0.717) is 5.92 Å². The smallest absolute Gasteiger partial charge is 0.404 e. The number of rotatable bonds is 4. The van der Waals surface area contributed by atoms with E-state index >= 15 is 0 Å². The number of carbonyl (C=O) groups is 1. The van der Waals surface area contributed by atoms with Gasteiger partial charge in [0, 0.05) is 25.6 Å². The normalized spacial score (nSPS) is 18.4. The lowest BCUT2D eigenvalue weighted by molar-refractivity contribution is 0.0558. The highest BCUT2D eigenvalue weighted by Crippen LogP contribution is 2.26. The summed E-state index contributed by atoms with van der Waals surface area (Å²) in [7, 11) is 0. The molecule has 1 atom stereocenters. The van der Waals surface area contributed by atoms with Crippen LogP contribution in [0.1, 0.15) is 18.4 Å². The Balaban J connectivity index is 1.74. The van der Waals surface area contributed by atoms with E-state index in [-0.39, 0.29) is 6.10 Å². The van der Waals surface area contributed by atoms with Crippen molar-refractivity contribution in [1.29, 1.82) is 0 Å². The number of primary amides is 1. The van der Waals surface area contributed by atoms with Crippen LogP contribution in [0.5, 0.6) is 0 Å². The van der Waals surface area contributed by atoms with Crippen molar-refractivity contribution in [3.8, 4) is 0 Å². The second kappa shape index (κ2) is 5.19. The number of hydrogen-bond acceptors (Lipinski definition) is 3. The molecule has 0 radical (unpaired) electrons. The fourth-order valence-electron chi connectivity index (χ4n) is 2.25. The van der Waals surface area contributed by atoms with Crippen LogP contribution in [0.25, 0.3) is 0 Å². The fourth-order valence-corrected chi connectivity index (χ4v) is 2.25. The molecule has 1 aliphatic heterocycles. The molecular weight excluding hydrogens is 216 g/mol. The molecule has 0 bridgehead atoms. The van der Waals surface area contributed by atoms with E-state index in [9.17, 15) is 4.79 Å². The number of hydrogen-bond donors (Lipinski definition) is 1. The SMILES string of the molecule is CC(CN1CC(c2ccccc2)C1)OC(N)=O. The Kier molecular flexibility index (Phi) is 3.64. The molecule has 1 saturated heterocycles. The first-order valence-corrected chi connectivity index (χ1v) is 5.88. The summed E-state index contributed by atoms with van der Waals surface area (Å²) < 4.78 is 4.89. The third-order valence-electron chi connectivity index (χ3n) is 3.06. The van der Waals surface area contributed by atoms with E-state index in [0.717, 1.165) is 19.6 Å². The number of carbonyl (C=O) groups excluding carboxylic acids is 1. The van der Waals surface area contributed by atoms with Gasteiger partial charge in [-0.1, -0.05) is 30.3 Å². The van der Waals surface area contributed by atoms with Gasteiger partial charge in [-0.15, -0.1) is 0 Å². The monoisotopic (exact) mass is 234 g/mol. The maximum Gasteiger partial charge on any atom is 0.404 e. The molecule has 0 saturated carbocycles. The zero-order valence-corrected chi connectivity index (χ0v) is 10.0. The molecule has 1 unspecified atom stereocenters. The Labute approximate surface area is 101 Å². The molecule has 0 aliphatic carbocycles. The highest BCUT2D eigenvalue weighted by molar-refractivity contribution is 5.64. The topological polar surface area (TPSA) is 55.6 Å². The second-order valence-corrected chi connectivity index (χ2v) is 4.57. The van der Waals surface area contributed by atoms with Crippen LogP contribution in [0.3, 0.4) is 0 Å². The molecule has 17 heavy (non-hydrogen) atoms. The van der Waals surface area contributed by atoms with Crippen molar-refractivity contribution in [3.05, 3.63) is 35.9 Å². The van der Waals surface area contributed by atoms with Crippen LogP contribution in [-0.2, 0) is 4.74 Å². The van der Waals surface area contributed by atoms with Crippen molar-refractivity contribution in [2.45, 2.75) is 18.9 Å². The first kappa shape index (κ1) is 11.9. The van der Waals surface area contributed by atoms with E-state index in [1.165, 1.54) is 5.56 Å². The molecule has 1 heterocycles. The Hall–Kier alpha value is -1.55. The van der Waals surface area contributed by atoms with Gasteiger partial charge in [-0.3, -0.25) is 4.90 Å². The molecule has 1 fully saturated rings. The largest absolute Gasteiger partial charge is 0.445 e. The molecule has 2 rings (SSSR count). The summed E-state index contributed by atoms with van der Waals surface area (Å²) in [6, 6.07) is 10.5. The standard InChI is InChI=1S/C13H18N2O2/c1-10(17-13(14)16)7-15-8-12(9-15)11-5-3-2-4-6-11/h2-6,10,12H,7-9H2,1H3,(H2,14,16). The van der Waals surface area contributed by atoms with Gasteiger partial charge in [-0.25, -0.2) is 4.79 Å². The van der Waals surface area contributed by atoms with Crippen LogP contribution < -0.4 is 5.73 Å². The molecule has 1 aromatic rings. The number of nitrogens with zero attached hydrogens (tertiary/aromatic N) is 1. The number of ether oxygens (including phenoxy) is 1. The van der Waals surface area contributed by atoms with Gasteiger partial charge in [-0.05, 0) is 12.5 Å². The van der Waals surface area contributed by atoms with E-state index in [1.54, 1.807) is 0 Å². The molecule has 1 aliphatic rings.